The number of hydrogen-bond donors (Lipinski definition) is 0. The molecule has 1 heterocycles. The van der Waals surface area contributed by atoms with Gasteiger partial charge in [-0.2, -0.15) is 0 Å². The van der Waals surface area contributed by atoms with Gasteiger partial charge >= 0.3 is 6.09 Å². The van der Waals surface area contributed by atoms with Crippen LogP contribution in [0.25, 0.3) is 0 Å². The van der Waals surface area contributed by atoms with Crippen LogP contribution in [0.15, 0.2) is 0 Å². The first-order valence-corrected chi connectivity index (χ1v) is 6.93. The Morgan fingerprint density at radius 1 is 1.39 bits per heavy atom. The van der Waals surface area contributed by atoms with Crippen LogP contribution in [-0.2, 0) is 9.47 Å². The lowest BCUT2D eigenvalue weighted by Crippen LogP contribution is -2.45. The number of hydrogen-bond acceptors (Lipinski definition) is 3. The summed E-state index contributed by atoms with van der Waals surface area (Å²) in [5, 5.41) is 0. The molecule has 0 aromatic heterocycles. The lowest BCUT2D eigenvalue weighted by molar-refractivity contribution is -0.0721. The average molecular weight is 255 g/mol. The van der Waals surface area contributed by atoms with Crippen LogP contribution in [0.2, 0.25) is 0 Å². The summed E-state index contributed by atoms with van der Waals surface area (Å²) in [5.41, 5.74) is -0.0863. The Labute approximate surface area is 110 Å². The smallest absolute Gasteiger partial charge is 0.410 e. The maximum absolute atomic E-state index is 12.0. The molecular weight excluding hydrogens is 230 g/mol. The number of carbonyl (C=O) groups excluding carboxylic acids is 1. The SMILES string of the molecule is CCOC1CC2(CCN(C(=O)OC(C)(C)C)C2)C1. The molecule has 4 nitrogen and oxygen atoms in total. The topological polar surface area (TPSA) is 38.8 Å². The molecule has 0 N–H and O–H groups in total. The Bertz CT molecular complexity index is 315. The minimum atomic E-state index is -0.402. The van der Waals surface area contributed by atoms with Crippen LogP contribution < -0.4 is 0 Å². The Morgan fingerprint density at radius 2 is 2.06 bits per heavy atom. The van der Waals surface area contributed by atoms with Gasteiger partial charge in [0.15, 0.2) is 0 Å². The highest BCUT2D eigenvalue weighted by Gasteiger charge is 2.50. The molecule has 0 atom stereocenters. The summed E-state index contributed by atoms with van der Waals surface area (Å²) in [6, 6.07) is 0. The molecule has 2 fully saturated rings. The summed E-state index contributed by atoms with van der Waals surface area (Å²) < 4.78 is 11.0. The van der Waals surface area contributed by atoms with Gasteiger partial charge in [0.25, 0.3) is 0 Å². The van der Waals surface area contributed by atoms with Crippen LogP contribution in [-0.4, -0.2) is 42.4 Å². The molecule has 1 amide bonds. The van der Waals surface area contributed by atoms with E-state index in [0.29, 0.717) is 11.5 Å². The molecule has 2 rings (SSSR count). The van der Waals surface area contributed by atoms with Gasteiger partial charge in [-0.05, 0) is 52.4 Å². The molecule has 1 aliphatic heterocycles. The van der Waals surface area contributed by atoms with Crippen molar-refractivity contribution < 1.29 is 14.3 Å². The maximum Gasteiger partial charge on any atom is 0.410 e. The summed E-state index contributed by atoms with van der Waals surface area (Å²) in [4.78, 5) is 13.8. The molecule has 0 radical (unpaired) electrons. The molecule has 18 heavy (non-hydrogen) atoms. The zero-order valence-electron chi connectivity index (χ0n) is 12.0. The van der Waals surface area contributed by atoms with Crippen LogP contribution in [0.4, 0.5) is 4.79 Å². The standard InChI is InChI=1S/C14H25NO3/c1-5-17-11-8-14(9-11)6-7-15(10-14)12(16)18-13(2,3)4/h11H,5-10H2,1-4H3. The molecule has 1 spiro atoms. The molecular formula is C14H25NO3. The molecule has 4 heteroatoms. The number of rotatable bonds is 2. The third kappa shape index (κ3) is 2.97. The first-order chi connectivity index (χ1) is 8.34. The van der Waals surface area contributed by atoms with Crippen LogP contribution in [0, 0.1) is 5.41 Å². The molecule has 1 saturated carbocycles. The average Bonchev–Trinajstić information content (AvgIpc) is 2.59. The second-order valence-electron chi connectivity index (χ2n) is 6.64. The van der Waals surface area contributed by atoms with Crippen molar-refractivity contribution in [3.05, 3.63) is 0 Å². The zero-order chi connectivity index (χ0) is 13.4. The highest BCUT2D eigenvalue weighted by Crippen LogP contribution is 2.49. The van der Waals surface area contributed by atoms with Gasteiger partial charge in [-0.25, -0.2) is 4.79 Å². The van der Waals surface area contributed by atoms with Crippen molar-refractivity contribution in [2.45, 2.75) is 58.7 Å². The van der Waals surface area contributed by atoms with Crippen LogP contribution in [0.3, 0.4) is 0 Å². The summed E-state index contributed by atoms with van der Waals surface area (Å²) in [5.74, 6) is 0. The molecule has 2 aliphatic rings. The number of nitrogens with zero attached hydrogens (tertiary/aromatic N) is 1. The monoisotopic (exact) mass is 255 g/mol. The Balaban J connectivity index is 1.81. The van der Waals surface area contributed by atoms with E-state index in [1.807, 2.05) is 32.6 Å². The van der Waals surface area contributed by atoms with Gasteiger partial charge in [-0.3, -0.25) is 0 Å². The molecule has 1 aliphatic carbocycles. The second kappa shape index (κ2) is 4.72. The molecule has 0 bridgehead atoms. The lowest BCUT2D eigenvalue weighted by Gasteiger charge is -2.44. The zero-order valence-corrected chi connectivity index (χ0v) is 12.0. The van der Waals surface area contributed by atoms with Gasteiger partial charge < -0.3 is 14.4 Å². The fourth-order valence-electron chi connectivity index (χ4n) is 3.01. The minimum absolute atomic E-state index is 0.167. The third-order valence-corrected chi connectivity index (χ3v) is 3.81. The van der Waals surface area contributed by atoms with Gasteiger partial charge in [-0.1, -0.05) is 0 Å². The third-order valence-electron chi connectivity index (χ3n) is 3.81. The van der Waals surface area contributed by atoms with Gasteiger partial charge in [0.1, 0.15) is 5.60 Å². The fourth-order valence-corrected chi connectivity index (χ4v) is 3.01. The van der Waals surface area contributed by atoms with Gasteiger partial charge in [0.2, 0.25) is 0 Å². The van der Waals surface area contributed by atoms with Gasteiger partial charge in [-0.15, -0.1) is 0 Å². The number of likely N-dealkylation sites (tertiary alicyclic amines) is 1. The lowest BCUT2D eigenvalue weighted by atomic mass is 9.66. The van der Waals surface area contributed by atoms with Crippen molar-refractivity contribution in [3.8, 4) is 0 Å². The summed E-state index contributed by atoms with van der Waals surface area (Å²) in [7, 11) is 0. The fraction of sp³-hybridized carbons (Fsp3) is 0.929. The Morgan fingerprint density at radius 3 is 2.61 bits per heavy atom. The van der Waals surface area contributed by atoms with Gasteiger partial charge in [0.05, 0.1) is 6.10 Å². The van der Waals surface area contributed by atoms with E-state index >= 15 is 0 Å². The van der Waals surface area contributed by atoms with Crippen molar-refractivity contribution in [2.75, 3.05) is 19.7 Å². The van der Waals surface area contributed by atoms with Crippen LogP contribution in [0.1, 0.15) is 47.0 Å². The van der Waals surface area contributed by atoms with Crippen molar-refractivity contribution in [1.29, 1.82) is 0 Å². The number of carbonyl (C=O) groups is 1. The largest absolute Gasteiger partial charge is 0.444 e. The highest BCUT2D eigenvalue weighted by molar-refractivity contribution is 5.68. The van der Waals surface area contributed by atoms with E-state index in [0.717, 1.165) is 39.0 Å². The predicted octanol–water partition coefficient (Wildman–Crippen LogP) is 2.81. The number of amides is 1. The van der Waals surface area contributed by atoms with Crippen molar-refractivity contribution >= 4 is 6.09 Å². The Kier molecular flexibility index (Phi) is 3.58. The van der Waals surface area contributed by atoms with E-state index in [9.17, 15) is 4.79 Å². The van der Waals surface area contributed by atoms with Gasteiger partial charge in [0, 0.05) is 19.7 Å². The van der Waals surface area contributed by atoms with Crippen molar-refractivity contribution in [1.82, 2.24) is 4.90 Å². The van der Waals surface area contributed by atoms with Crippen LogP contribution in [0.5, 0.6) is 0 Å². The van der Waals surface area contributed by atoms with E-state index < -0.39 is 5.60 Å². The molecule has 1 saturated heterocycles. The first-order valence-electron chi connectivity index (χ1n) is 6.93. The maximum atomic E-state index is 12.0. The molecule has 104 valence electrons. The van der Waals surface area contributed by atoms with Crippen molar-refractivity contribution in [2.24, 2.45) is 5.41 Å². The second-order valence-corrected chi connectivity index (χ2v) is 6.64. The van der Waals surface area contributed by atoms with E-state index in [-0.39, 0.29) is 6.09 Å². The first kappa shape index (κ1) is 13.7. The molecule has 0 unspecified atom stereocenters. The summed E-state index contributed by atoms with van der Waals surface area (Å²) in [6.45, 7) is 10.2. The molecule has 0 aromatic carbocycles. The highest BCUT2D eigenvalue weighted by atomic mass is 16.6. The van der Waals surface area contributed by atoms with Crippen molar-refractivity contribution in [3.63, 3.8) is 0 Å². The predicted molar refractivity (Wildman–Crippen MR) is 69.5 cm³/mol. The Hall–Kier alpha value is -0.770. The van der Waals surface area contributed by atoms with E-state index in [2.05, 4.69) is 0 Å². The summed E-state index contributed by atoms with van der Waals surface area (Å²) in [6.07, 6.45) is 3.53. The van der Waals surface area contributed by atoms with E-state index in [1.54, 1.807) is 0 Å². The minimum Gasteiger partial charge on any atom is -0.444 e. The summed E-state index contributed by atoms with van der Waals surface area (Å²) >= 11 is 0. The van der Waals surface area contributed by atoms with E-state index in [4.69, 9.17) is 9.47 Å². The van der Waals surface area contributed by atoms with Crippen LogP contribution >= 0.6 is 0 Å². The quantitative estimate of drug-likeness (QED) is 0.761. The normalized spacial score (nSPS) is 31.6. The van der Waals surface area contributed by atoms with E-state index in [1.165, 1.54) is 0 Å². The molecule has 0 aromatic rings. The number of ether oxygens (including phenoxy) is 2.